The van der Waals surface area contributed by atoms with Gasteiger partial charge in [-0.1, -0.05) is 11.6 Å². The van der Waals surface area contributed by atoms with E-state index in [4.69, 9.17) is 11.6 Å². The van der Waals surface area contributed by atoms with Crippen LogP contribution in [0.25, 0.3) is 0 Å². The van der Waals surface area contributed by atoms with E-state index in [0.717, 1.165) is 0 Å². The summed E-state index contributed by atoms with van der Waals surface area (Å²) in [6.45, 7) is 0.352. The van der Waals surface area contributed by atoms with Crippen LogP contribution in [-0.2, 0) is 9.84 Å². The molecule has 1 atom stereocenters. The minimum atomic E-state index is -2.91. The summed E-state index contributed by atoms with van der Waals surface area (Å²) >= 11 is 10.1. The summed E-state index contributed by atoms with van der Waals surface area (Å²) in [6.07, 6.45) is 0.600. The van der Waals surface area contributed by atoms with Gasteiger partial charge < -0.3 is 5.32 Å². The zero-order valence-corrected chi connectivity index (χ0v) is 12.6. The second-order valence-corrected chi connectivity index (χ2v) is 7.80. The van der Waals surface area contributed by atoms with Crippen LogP contribution in [0, 0.1) is 5.92 Å². The van der Waals surface area contributed by atoms with Gasteiger partial charge in [0.25, 0.3) is 5.91 Å². The predicted octanol–water partition coefficient (Wildman–Crippen LogP) is 1.79. The molecule has 1 N–H and O–H groups in total. The van der Waals surface area contributed by atoms with Crippen molar-refractivity contribution >= 4 is 40.0 Å². The van der Waals surface area contributed by atoms with E-state index in [9.17, 15) is 13.2 Å². The van der Waals surface area contributed by atoms with E-state index in [-0.39, 0.29) is 23.3 Å². The van der Waals surface area contributed by atoms with Gasteiger partial charge in [0.1, 0.15) is 0 Å². The smallest absolute Gasteiger partial charge is 0.252 e. The van der Waals surface area contributed by atoms with Crippen molar-refractivity contribution in [2.75, 3.05) is 18.1 Å². The van der Waals surface area contributed by atoms with Crippen molar-refractivity contribution < 1.29 is 13.2 Å². The van der Waals surface area contributed by atoms with Crippen LogP contribution in [0.1, 0.15) is 16.8 Å². The van der Waals surface area contributed by atoms with Crippen LogP contribution in [0.4, 0.5) is 0 Å². The van der Waals surface area contributed by atoms with Crippen molar-refractivity contribution in [1.82, 2.24) is 5.32 Å². The van der Waals surface area contributed by atoms with Gasteiger partial charge >= 0.3 is 0 Å². The Morgan fingerprint density at radius 3 is 2.84 bits per heavy atom. The fourth-order valence-electron chi connectivity index (χ4n) is 2.05. The number of hydrogen-bond acceptors (Lipinski definition) is 4. The lowest BCUT2D eigenvalue weighted by Crippen LogP contribution is -2.30. The molecular weight excluding hydrogens is 306 g/mol. The second-order valence-electron chi connectivity index (χ2n) is 4.64. The number of carbonyl (C=O) groups excluding carboxylic acids is 1. The van der Waals surface area contributed by atoms with Crippen LogP contribution < -0.4 is 5.32 Å². The average Bonchev–Trinajstić information content (AvgIpc) is 2.69. The maximum absolute atomic E-state index is 12.0. The first-order chi connectivity index (χ1) is 8.87. The highest BCUT2D eigenvalue weighted by molar-refractivity contribution is 7.91. The molecule has 1 saturated heterocycles. The Kier molecular flexibility index (Phi) is 4.43. The third-order valence-corrected chi connectivity index (χ3v) is 5.52. The normalized spacial score (nSPS) is 21.3. The van der Waals surface area contributed by atoms with Crippen LogP contribution in [0.2, 0.25) is 5.02 Å². The third kappa shape index (κ3) is 3.87. The summed E-state index contributed by atoms with van der Waals surface area (Å²) in [5.74, 6) is 0.0470. The summed E-state index contributed by atoms with van der Waals surface area (Å²) in [6, 6.07) is 4.90. The molecule has 1 aliphatic rings. The predicted molar refractivity (Wildman–Crippen MR) is 77.8 cm³/mol. The summed E-state index contributed by atoms with van der Waals surface area (Å²) in [5.41, 5.74) is 0.357. The molecule has 19 heavy (non-hydrogen) atoms. The maximum atomic E-state index is 12.0. The quantitative estimate of drug-likeness (QED) is 0.835. The Hall–Kier alpha value is -0.720. The van der Waals surface area contributed by atoms with Gasteiger partial charge in [0.15, 0.2) is 9.84 Å². The van der Waals surface area contributed by atoms with Crippen molar-refractivity contribution in [2.24, 2.45) is 5.92 Å². The molecule has 7 heteroatoms. The highest BCUT2D eigenvalue weighted by Crippen LogP contribution is 2.20. The van der Waals surface area contributed by atoms with Crippen molar-refractivity contribution in [1.29, 1.82) is 0 Å². The van der Waals surface area contributed by atoms with E-state index in [1.165, 1.54) is 0 Å². The highest BCUT2D eigenvalue weighted by atomic mass is 35.5. The molecule has 0 aliphatic carbocycles. The average molecular weight is 320 g/mol. The first-order valence-corrected chi connectivity index (χ1v) is 8.49. The molecular formula is C12H14ClNO3S2. The van der Waals surface area contributed by atoms with E-state index < -0.39 is 9.84 Å². The van der Waals surface area contributed by atoms with E-state index in [2.05, 4.69) is 17.9 Å². The van der Waals surface area contributed by atoms with Crippen molar-refractivity contribution in [3.63, 3.8) is 0 Å². The first kappa shape index (κ1) is 14.7. The van der Waals surface area contributed by atoms with Gasteiger partial charge in [0.2, 0.25) is 0 Å². The lowest BCUT2D eigenvalue weighted by molar-refractivity contribution is 0.0948. The number of halogens is 1. The molecule has 2 rings (SSSR count). The van der Waals surface area contributed by atoms with E-state index in [0.29, 0.717) is 28.4 Å². The number of carbonyl (C=O) groups is 1. The number of hydrogen-bond donors (Lipinski definition) is 2. The molecule has 1 aliphatic heterocycles. The summed E-state index contributed by atoms with van der Waals surface area (Å²) in [4.78, 5) is 12.6. The monoisotopic (exact) mass is 319 g/mol. The molecule has 0 radical (unpaired) electrons. The van der Waals surface area contributed by atoms with Gasteiger partial charge in [0, 0.05) is 11.4 Å². The largest absolute Gasteiger partial charge is 0.352 e. The molecule has 0 saturated carbocycles. The van der Waals surface area contributed by atoms with Crippen molar-refractivity contribution in [3.05, 3.63) is 28.8 Å². The maximum Gasteiger partial charge on any atom is 0.252 e. The summed E-state index contributed by atoms with van der Waals surface area (Å²) in [7, 11) is -2.91. The molecule has 104 valence electrons. The molecule has 0 aromatic heterocycles. The van der Waals surface area contributed by atoms with Crippen LogP contribution in [-0.4, -0.2) is 32.4 Å². The van der Waals surface area contributed by atoms with Crippen LogP contribution in [0.3, 0.4) is 0 Å². The lowest BCUT2D eigenvalue weighted by atomic mass is 10.1. The Morgan fingerprint density at radius 2 is 2.21 bits per heavy atom. The van der Waals surface area contributed by atoms with Crippen LogP contribution >= 0.6 is 24.2 Å². The second kappa shape index (κ2) is 5.73. The molecule has 0 bridgehead atoms. The Bertz CT molecular complexity index is 601. The summed E-state index contributed by atoms with van der Waals surface area (Å²) < 4.78 is 22.6. The molecule has 1 heterocycles. The molecule has 1 aromatic carbocycles. The number of nitrogens with one attached hydrogen (secondary N) is 1. The Balaban J connectivity index is 1.97. The van der Waals surface area contributed by atoms with Gasteiger partial charge in [-0.05, 0) is 30.5 Å². The van der Waals surface area contributed by atoms with Gasteiger partial charge in [-0.2, -0.15) is 0 Å². The van der Waals surface area contributed by atoms with Gasteiger partial charge in [-0.25, -0.2) is 8.42 Å². The Morgan fingerprint density at radius 1 is 1.47 bits per heavy atom. The van der Waals surface area contributed by atoms with Crippen molar-refractivity contribution in [3.8, 4) is 0 Å². The Labute approximate surface area is 122 Å². The van der Waals surface area contributed by atoms with Crippen molar-refractivity contribution in [2.45, 2.75) is 11.3 Å². The lowest BCUT2D eigenvalue weighted by Gasteiger charge is -2.10. The molecule has 4 nitrogen and oxygen atoms in total. The fraction of sp³-hybridized carbons (Fsp3) is 0.417. The molecule has 1 fully saturated rings. The minimum Gasteiger partial charge on any atom is -0.352 e. The number of rotatable bonds is 3. The highest BCUT2D eigenvalue weighted by Gasteiger charge is 2.28. The van der Waals surface area contributed by atoms with Crippen LogP contribution in [0.5, 0.6) is 0 Å². The van der Waals surface area contributed by atoms with Crippen LogP contribution in [0.15, 0.2) is 23.1 Å². The molecule has 1 amide bonds. The molecule has 0 spiro atoms. The fourth-order valence-corrected chi connectivity index (χ4v) is 4.32. The molecule has 1 unspecified atom stereocenters. The number of benzene rings is 1. The molecule has 1 aromatic rings. The van der Waals surface area contributed by atoms with Gasteiger partial charge in [-0.15, -0.1) is 12.6 Å². The number of amides is 1. The summed E-state index contributed by atoms with van der Waals surface area (Å²) in [5, 5.41) is 3.08. The number of sulfone groups is 1. The zero-order valence-electron chi connectivity index (χ0n) is 10.1. The van der Waals surface area contributed by atoms with Gasteiger partial charge in [-0.3, -0.25) is 4.79 Å². The number of thiol groups is 1. The zero-order chi connectivity index (χ0) is 14.0. The van der Waals surface area contributed by atoms with E-state index >= 15 is 0 Å². The first-order valence-electron chi connectivity index (χ1n) is 5.84. The standard InChI is InChI=1S/C12H14ClNO3S2/c13-11-2-1-9(18)5-10(11)12(15)14-6-8-3-4-19(16,17)7-8/h1-2,5,8,18H,3-4,6-7H2,(H,14,15). The minimum absolute atomic E-state index is 0.00749. The topological polar surface area (TPSA) is 63.2 Å². The van der Waals surface area contributed by atoms with Gasteiger partial charge in [0.05, 0.1) is 22.1 Å². The SMILES string of the molecule is O=C(NCC1CCS(=O)(=O)C1)c1cc(S)ccc1Cl. The van der Waals surface area contributed by atoms with E-state index in [1.807, 2.05) is 0 Å². The third-order valence-electron chi connectivity index (χ3n) is 3.07. The van der Waals surface area contributed by atoms with E-state index in [1.54, 1.807) is 18.2 Å².